The summed E-state index contributed by atoms with van der Waals surface area (Å²) in [5.74, 6) is 1.91. The number of carboxylic acids is 1. The summed E-state index contributed by atoms with van der Waals surface area (Å²) < 4.78 is 55.7. The van der Waals surface area contributed by atoms with Crippen molar-refractivity contribution in [2.24, 2.45) is 5.73 Å². The van der Waals surface area contributed by atoms with Crippen LogP contribution in [-0.4, -0.2) is 118 Å². The molecule has 0 saturated heterocycles. The van der Waals surface area contributed by atoms with E-state index >= 15 is 0 Å². The van der Waals surface area contributed by atoms with Gasteiger partial charge in [0.25, 0.3) is 0 Å². The van der Waals surface area contributed by atoms with Crippen molar-refractivity contribution in [3.63, 3.8) is 0 Å². The van der Waals surface area contributed by atoms with E-state index in [1.807, 2.05) is 61.7 Å². The molecule has 1 heterocycles. The molecule has 60 heavy (non-hydrogen) atoms. The lowest BCUT2D eigenvalue weighted by molar-refractivity contribution is -0.136. The van der Waals surface area contributed by atoms with Gasteiger partial charge in [-0.25, -0.2) is 4.68 Å². The first kappa shape index (κ1) is 49.5. The lowest BCUT2D eigenvalue weighted by Crippen LogP contribution is -2.29. The van der Waals surface area contributed by atoms with Gasteiger partial charge in [0.15, 0.2) is 5.96 Å². The molecule has 0 spiro atoms. The molecule has 0 bridgehead atoms. The smallest absolute Gasteiger partial charge is 0.307 e. The quantitative estimate of drug-likeness (QED) is 0.0210. The third-order valence-electron chi connectivity index (χ3n) is 8.01. The minimum Gasteiger partial charge on any atom is -0.491 e. The van der Waals surface area contributed by atoms with Gasteiger partial charge in [-0.15, -0.1) is 5.10 Å². The lowest BCUT2D eigenvalue weighted by atomic mass is 10.1. The second-order valence-corrected chi connectivity index (χ2v) is 16.3. The van der Waals surface area contributed by atoms with Gasteiger partial charge in [0.2, 0.25) is 0 Å². The molecule has 0 fully saturated rings. The second kappa shape index (κ2) is 28.5. The number of carbonyl (C=O) groups is 1. The highest BCUT2D eigenvalue weighted by Gasteiger charge is 2.15. The highest BCUT2D eigenvalue weighted by atomic mass is 127. The van der Waals surface area contributed by atoms with Gasteiger partial charge in [-0.2, -0.15) is 0 Å². The first-order valence-corrected chi connectivity index (χ1v) is 22.3. The van der Waals surface area contributed by atoms with E-state index in [0.29, 0.717) is 116 Å². The Hall–Kier alpha value is -3.11. The second-order valence-electron chi connectivity index (χ2n) is 12.8. The van der Waals surface area contributed by atoms with E-state index in [0.717, 1.165) is 38.9 Å². The number of nitrogens with two attached hydrogens (primary N) is 1. The number of nitrogens with zero attached hydrogens (tertiary/aromatic N) is 3. The summed E-state index contributed by atoms with van der Waals surface area (Å²) in [5, 5.41) is 27.5. The molecule has 20 heteroatoms. The Morgan fingerprint density at radius 3 is 1.78 bits per heavy atom. The molecule has 0 aliphatic rings. The van der Waals surface area contributed by atoms with E-state index in [9.17, 15) is 4.79 Å². The van der Waals surface area contributed by atoms with Gasteiger partial charge in [-0.05, 0) is 122 Å². The SMILES string of the molecule is Cc1cc(CC(=O)O)cc(I)c1Oc1cc(I)c(OCc2cn(CCOCCOCCOCCOCCOCCOCCOc3ccc(CNC(=N)N)cc3)nn2)c(I)c1. The number of carboxylic acid groups (broad SMARTS) is 1. The van der Waals surface area contributed by atoms with Crippen molar-refractivity contribution in [3.8, 4) is 23.0 Å². The van der Waals surface area contributed by atoms with Gasteiger partial charge < -0.3 is 58.8 Å². The van der Waals surface area contributed by atoms with Crippen LogP contribution in [0.5, 0.6) is 23.0 Å². The number of aromatic nitrogens is 3. The summed E-state index contributed by atoms with van der Waals surface area (Å²) in [4.78, 5) is 11.1. The summed E-state index contributed by atoms with van der Waals surface area (Å²) >= 11 is 6.61. The van der Waals surface area contributed by atoms with Crippen LogP contribution < -0.4 is 25.3 Å². The molecule has 1 aromatic heterocycles. The Labute approximate surface area is 390 Å². The maximum atomic E-state index is 11.1. The molecule has 4 rings (SSSR count). The van der Waals surface area contributed by atoms with Crippen molar-refractivity contribution < 1.29 is 52.5 Å². The Bertz CT molecular complexity index is 1860. The van der Waals surface area contributed by atoms with Crippen LogP contribution in [0.4, 0.5) is 0 Å². The summed E-state index contributed by atoms with van der Waals surface area (Å²) in [5.41, 5.74) is 8.60. The number of aliphatic carboxylic acids is 1. The molecule has 0 aliphatic carbocycles. The van der Waals surface area contributed by atoms with Crippen molar-refractivity contribution in [1.29, 1.82) is 5.41 Å². The highest BCUT2D eigenvalue weighted by molar-refractivity contribution is 14.1. The highest BCUT2D eigenvalue weighted by Crippen LogP contribution is 2.37. The first-order chi connectivity index (χ1) is 29.1. The summed E-state index contributed by atoms with van der Waals surface area (Å²) in [6.07, 6.45) is 1.80. The summed E-state index contributed by atoms with van der Waals surface area (Å²) in [6, 6.07) is 15.1. The van der Waals surface area contributed by atoms with Gasteiger partial charge in [0.05, 0.1) is 109 Å². The normalized spacial score (nSPS) is 11.1. The van der Waals surface area contributed by atoms with E-state index in [1.54, 1.807) is 4.68 Å². The molecule has 5 N–H and O–H groups in total. The molecule has 17 nitrogen and oxygen atoms in total. The van der Waals surface area contributed by atoms with Crippen molar-refractivity contribution in [2.45, 2.75) is 33.0 Å². The standard InChI is InChI=1S/C40H51I3N6O11/c1-28-20-30(22-37(50)51)21-34(41)38(28)60-33-23-35(42)39(36(43)24-33)59-27-31-26-49(48-47-31)6-7-52-8-9-53-10-11-54-12-13-55-14-15-56-16-17-57-18-19-58-32-4-2-29(3-5-32)25-46-40(44)45/h2-5,20-21,23-24,26H,6-19,22,25,27H2,1H3,(H,50,51)(H4,44,45,46). The number of hydrogen-bond donors (Lipinski definition) is 4. The van der Waals surface area contributed by atoms with Crippen LogP contribution in [0.25, 0.3) is 0 Å². The predicted molar refractivity (Wildman–Crippen MR) is 247 cm³/mol. The van der Waals surface area contributed by atoms with Gasteiger partial charge in [-0.3, -0.25) is 10.2 Å². The van der Waals surface area contributed by atoms with E-state index in [2.05, 4.69) is 83.4 Å². The molecule has 0 unspecified atom stereocenters. The van der Waals surface area contributed by atoms with Gasteiger partial charge >= 0.3 is 5.97 Å². The maximum Gasteiger partial charge on any atom is 0.307 e. The zero-order chi connectivity index (χ0) is 43.0. The first-order valence-electron chi connectivity index (χ1n) is 19.0. The number of halogens is 3. The Morgan fingerprint density at radius 1 is 0.717 bits per heavy atom. The molecule has 0 saturated carbocycles. The van der Waals surface area contributed by atoms with Crippen LogP contribution in [0.2, 0.25) is 0 Å². The molecule has 328 valence electrons. The molecule has 0 atom stereocenters. The fourth-order valence-electron chi connectivity index (χ4n) is 5.20. The average molecular weight is 1170 g/mol. The van der Waals surface area contributed by atoms with Crippen LogP contribution in [0, 0.1) is 23.0 Å². The Kier molecular flexibility index (Phi) is 23.5. The third kappa shape index (κ3) is 19.7. The molecule has 0 aliphatic heterocycles. The number of nitrogens with one attached hydrogen (secondary N) is 2. The van der Waals surface area contributed by atoms with E-state index in [4.69, 9.17) is 58.9 Å². The topological polar surface area (TPSA) is 213 Å². The molecule has 0 amide bonds. The number of guanidine groups is 1. The van der Waals surface area contributed by atoms with E-state index in [-0.39, 0.29) is 19.0 Å². The van der Waals surface area contributed by atoms with E-state index in [1.165, 1.54) is 0 Å². The van der Waals surface area contributed by atoms with Gasteiger partial charge in [0.1, 0.15) is 41.9 Å². The van der Waals surface area contributed by atoms with Crippen molar-refractivity contribution in [1.82, 2.24) is 20.3 Å². The molecule has 0 radical (unpaired) electrons. The van der Waals surface area contributed by atoms with Gasteiger partial charge in [0, 0.05) is 6.54 Å². The van der Waals surface area contributed by atoms with Crippen molar-refractivity contribution in [3.05, 3.63) is 87.8 Å². The molecule has 3 aromatic carbocycles. The van der Waals surface area contributed by atoms with Gasteiger partial charge in [-0.1, -0.05) is 23.4 Å². The van der Waals surface area contributed by atoms with Crippen LogP contribution in [0.15, 0.2) is 54.7 Å². The Morgan fingerprint density at radius 2 is 1.25 bits per heavy atom. The number of aryl methyl sites for hydroxylation is 1. The van der Waals surface area contributed by atoms with Crippen molar-refractivity contribution >= 4 is 79.7 Å². The minimum atomic E-state index is -0.870. The molecule has 4 aromatic rings. The van der Waals surface area contributed by atoms with Crippen LogP contribution >= 0.6 is 67.8 Å². The van der Waals surface area contributed by atoms with Crippen LogP contribution in [-0.2, 0) is 59.3 Å². The number of rotatable bonds is 31. The molecular formula is C40H51I3N6O11. The van der Waals surface area contributed by atoms with Crippen LogP contribution in [0.3, 0.4) is 0 Å². The monoisotopic (exact) mass is 1170 g/mol. The lowest BCUT2D eigenvalue weighted by Gasteiger charge is -2.15. The maximum absolute atomic E-state index is 11.1. The molecular weight excluding hydrogens is 1120 g/mol. The Balaban J connectivity index is 0.932. The number of ether oxygens (including phenoxy) is 9. The van der Waals surface area contributed by atoms with E-state index < -0.39 is 5.97 Å². The summed E-state index contributed by atoms with van der Waals surface area (Å²) in [6.45, 7) is 9.25. The average Bonchev–Trinajstić information content (AvgIpc) is 3.66. The largest absolute Gasteiger partial charge is 0.491 e. The minimum absolute atomic E-state index is 0.0351. The van der Waals surface area contributed by atoms with Crippen molar-refractivity contribution in [2.75, 3.05) is 85.9 Å². The zero-order valence-electron chi connectivity index (χ0n) is 33.3. The number of benzene rings is 3. The van der Waals surface area contributed by atoms with Crippen LogP contribution in [0.1, 0.15) is 22.4 Å². The summed E-state index contributed by atoms with van der Waals surface area (Å²) in [7, 11) is 0. The predicted octanol–water partition coefficient (Wildman–Crippen LogP) is 5.56. The number of hydrogen-bond acceptors (Lipinski definition) is 13. The fraction of sp³-hybridized carbons (Fsp3) is 0.450. The zero-order valence-corrected chi connectivity index (χ0v) is 39.8. The fourth-order valence-corrected chi connectivity index (χ4v) is 8.16. The third-order valence-corrected chi connectivity index (χ3v) is 10.4.